The normalized spacial score (nSPS) is 14.0. The molecule has 0 aliphatic heterocycles. The van der Waals surface area contributed by atoms with E-state index in [9.17, 15) is 4.57 Å². The van der Waals surface area contributed by atoms with Crippen molar-refractivity contribution in [1.29, 1.82) is 0 Å². The Labute approximate surface area is 66.7 Å². The maximum Gasteiger partial charge on any atom is 0.186 e. The van der Waals surface area contributed by atoms with E-state index in [0.717, 1.165) is 0 Å². The van der Waals surface area contributed by atoms with Gasteiger partial charge in [-0.1, -0.05) is 24.3 Å². The molecule has 1 aromatic rings. The molecule has 2 nitrogen and oxygen atoms in total. The lowest BCUT2D eigenvalue weighted by molar-refractivity contribution is 0.509. The second-order valence-corrected chi connectivity index (χ2v) is 3.50. The summed E-state index contributed by atoms with van der Waals surface area (Å²) in [5.41, 5.74) is 3.06. The molecule has 1 unspecified atom stereocenters. The van der Waals surface area contributed by atoms with Crippen molar-refractivity contribution in [2.24, 2.45) is 0 Å². The average molecular weight is 170 g/mol. The van der Waals surface area contributed by atoms with Gasteiger partial charge in [-0.3, -0.25) is 4.57 Å². The van der Waals surface area contributed by atoms with Gasteiger partial charge in [-0.15, -0.1) is 0 Å². The van der Waals surface area contributed by atoms with Gasteiger partial charge in [0.05, 0.1) is 0 Å². The molecule has 3 heteroatoms. The first-order chi connectivity index (χ1) is 5.20. The highest BCUT2D eigenvalue weighted by atomic mass is 31.1. The van der Waals surface area contributed by atoms with Crippen molar-refractivity contribution in [1.82, 2.24) is 0 Å². The number of hydrogen-bond donors (Lipinski definition) is 1. The fourth-order valence-corrected chi connectivity index (χ4v) is 0.836. The molecule has 1 atom stereocenters. The minimum atomic E-state index is -2.13. The molecular weight excluding hydrogens is 159 g/mol. The highest BCUT2D eigenvalue weighted by molar-refractivity contribution is 7.36. The second kappa shape index (κ2) is 3.70. The van der Waals surface area contributed by atoms with Gasteiger partial charge in [0.15, 0.2) is 8.03 Å². The van der Waals surface area contributed by atoms with E-state index in [1.165, 1.54) is 24.2 Å². The molecule has 0 bridgehead atoms. The molecule has 2 rings (SSSR count). The van der Waals surface area contributed by atoms with Gasteiger partial charge < -0.3 is 4.89 Å². The molecule has 0 saturated heterocycles. The molecule has 60 valence electrons. The maximum atomic E-state index is 9.19. The van der Waals surface area contributed by atoms with Gasteiger partial charge in [-0.05, 0) is 17.5 Å². The molecular formula is C8H11O2P. The van der Waals surface area contributed by atoms with Crippen LogP contribution in [0, 0.1) is 0 Å². The highest BCUT2D eigenvalue weighted by Crippen LogP contribution is 2.25. The second-order valence-electron chi connectivity index (χ2n) is 2.46. The fraction of sp³-hybridized carbons (Fsp3) is 0.250. The molecule has 1 aromatic carbocycles. The molecule has 0 amide bonds. The average Bonchev–Trinajstić information content (AvgIpc) is 2.62. The zero-order chi connectivity index (χ0) is 8.27. The van der Waals surface area contributed by atoms with Crippen molar-refractivity contribution in [3.05, 3.63) is 35.4 Å². The largest absolute Gasteiger partial charge is 0.346 e. The Kier molecular flexibility index (Phi) is 2.86. The molecule has 1 N–H and O–H groups in total. The molecule has 0 saturated carbocycles. The predicted octanol–water partition coefficient (Wildman–Crippen LogP) is 1.67. The first kappa shape index (κ1) is 8.51. The van der Waals surface area contributed by atoms with Crippen LogP contribution in [0.4, 0.5) is 0 Å². The molecule has 0 fully saturated rings. The van der Waals surface area contributed by atoms with Crippen LogP contribution in [0.25, 0.3) is 0 Å². The summed E-state index contributed by atoms with van der Waals surface area (Å²) in [7, 11) is -2.13. The van der Waals surface area contributed by atoms with Crippen LogP contribution < -0.4 is 0 Å². The lowest BCUT2D eigenvalue weighted by atomic mass is 10.4. The summed E-state index contributed by atoms with van der Waals surface area (Å²) >= 11 is 0. The van der Waals surface area contributed by atoms with Crippen LogP contribution in [0.1, 0.15) is 11.1 Å². The molecule has 0 heterocycles. The Bertz CT molecular complexity index is 246. The van der Waals surface area contributed by atoms with Crippen LogP contribution in [0.5, 0.6) is 0 Å². The number of benzene rings is 1. The highest BCUT2D eigenvalue weighted by Gasteiger charge is 2.12. The first-order valence-electron chi connectivity index (χ1n) is 3.46. The van der Waals surface area contributed by atoms with Crippen molar-refractivity contribution >= 4 is 8.03 Å². The van der Waals surface area contributed by atoms with E-state index in [1.807, 2.05) is 0 Å². The van der Waals surface area contributed by atoms with Gasteiger partial charge in [-0.2, -0.15) is 0 Å². The monoisotopic (exact) mass is 170 g/mol. The Morgan fingerprint density at radius 2 is 1.73 bits per heavy atom. The Balaban J connectivity index is 0.000000134. The van der Waals surface area contributed by atoms with E-state index in [2.05, 4.69) is 24.3 Å². The van der Waals surface area contributed by atoms with Crippen LogP contribution in [0.2, 0.25) is 0 Å². The van der Waals surface area contributed by atoms with Crippen molar-refractivity contribution in [3.63, 3.8) is 0 Å². The summed E-state index contributed by atoms with van der Waals surface area (Å²) in [6.45, 7) is 1.27. The van der Waals surface area contributed by atoms with Gasteiger partial charge >= 0.3 is 0 Å². The Morgan fingerprint density at radius 1 is 1.36 bits per heavy atom. The Morgan fingerprint density at radius 3 is 2.00 bits per heavy atom. The number of rotatable bonds is 0. The third kappa shape index (κ3) is 3.35. The van der Waals surface area contributed by atoms with Gasteiger partial charge in [0.1, 0.15) is 0 Å². The predicted molar refractivity (Wildman–Crippen MR) is 46.4 cm³/mol. The lowest BCUT2D eigenvalue weighted by Crippen LogP contribution is -1.48. The third-order valence-electron chi connectivity index (χ3n) is 1.37. The standard InChI is InChI=1S/C7H6.CH5O2P/c1-2-4-7-5-6(7)3-1;1-4(2)3/h1-4H,5H2;4H,1H3,(H,2,3). The molecule has 1 aliphatic rings. The van der Waals surface area contributed by atoms with Gasteiger partial charge in [-0.25, -0.2) is 0 Å². The van der Waals surface area contributed by atoms with Crippen LogP contribution in [-0.4, -0.2) is 11.6 Å². The molecule has 1 aliphatic carbocycles. The zero-order valence-corrected chi connectivity index (χ0v) is 7.37. The van der Waals surface area contributed by atoms with Crippen molar-refractivity contribution in [3.8, 4) is 0 Å². The van der Waals surface area contributed by atoms with E-state index < -0.39 is 8.03 Å². The summed E-state index contributed by atoms with van der Waals surface area (Å²) in [4.78, 5) is 7.60. The van der Waals surface area contributed by atoms with Crippen molar-refractivity contribution < 1.29 is 9.46 Å². The zero-order valence-electron chi connectivity index (χ0n) is 6.37. The SMILES string of the molecule is C[PH](=O)O.c1ccc2c(c1)C2. The minimum Gasteiger partial charge on any atom is -0.346 e. The van der Waals surface area contributed by atoms with Crippen LogP contribution >= 0.6 is 8.03 Å². The molecule has 11 heavy (non-hydrogen) atoms. The van der Waals surface area contributed by atoms with E-state index in [1.54, 1.807) is 0 Å². The minimum absolute atomic E-state index is 1.24. The van der Waals surface area contributed by atoms with Gasteiger partial charge in [0.25, 0.3) is 0 Å². The smallest absolute Gasteiger partial charge is 0.186 e. The topological polar surface area (TPSA) is 37.3 Å². The molecule has 0 aromatic heterocycles. The van der Waals surface area contributed by atoms with E-state index in [0.29, 0.717) is 0 Å². The lowest BCUT2D eigenvalue weighted by Gasteiger charge is -1.69. The quantitative estimate of drug-likeness (QED) is 0.610. The van der Waals surface area contributed by atoms with Crippen molar-refractivity contribution in [2.45, 2.75) is 6.42 Å². The van der Waals surface area contributed by atoms with Crippen LogP contribution in [-0.2, 0) is 11.0 Å². The maximum absolute atomic E-state index is 9.19. The van der Waals surface area contributed by atoms with Gasteiger partial charge in [0, 0.05) is 6.66 Å². The molecule has 0 radical (unpaired) electrons. The Hall–Kier alpha value is -0.590. The summed E-state index contributed by atoms with van der Waals surface area (Å²) in [6, 6.07) is 8.53. The number of fused-ring (bicyclic) bond motifs is 1. The van der Waals surface area contributed by atoms with Crippen LogP contribution in [0.15, 0.2) is 24.3 Å². The summed E-state index contributed by atoms with van der Waals surface area (Å²) in [5, 5.41) is 0. The van der Waals surface area contributed by atoms with E-state index >= 15 is 0 Å². The van der Waals surface area contributed by atoms with E-state index in [4.69, 9.17) is 4.89 Å². The van der Waals surface area contributed by atoms with Gasteiger partial charge in [0.2, 0.25) is 0 Å². The molecule has 0 spiro atoms. The van der Waals surface area contributed by atoms with Crippen LogP contribution in [0.3, 0.4) is 0 Å². The third-order valence-corrected chi connectivity index (χ3v) is 1.37. The van der Waals surface area contributed by atoms with E-state index in [-0.39, 0.29) is 0 Å². The summed E-state index contributed by atoms with van der Waals surface area (Å²) in [6.07, 6.45) is 1.24. The summed E-state index contributed by atoms with van der Waals surface area (Å²) in [5.74, 6) is 0. The first-order valence-corrected chi connectivity index (χ1v) is 5.32. The van der Waals surface area contributed by atoms with Crippen molar-refractivity contribution in [2.75, 3.05) is 6.66 Å². The fourth-order valence-electron chi connectivity index (χ4n) is 0.836. The summed E-state index contributed by atoms with van der Waals surface area (Å²) < 4.78 is 9.19. The number of hydrogen-bond acceptors (Lipinski definition) is 1.